The van der Waals surface area contributed by atoms with Gasteiger partial charge in [-0.15, -0.1) is 10.2 Å². The Kier molecular flexibility index (Phi) is 7.22. The number of amides is 2. The molecule has 0 saturated heterocycles. The van der Waals surface area contributed by atoms with E-state index in [1.54, 1.807) is 24.3 Å². The molecule has 12 heteroatoms. The second-order valence-corrected chi connectivity index (χ2v) is 8.35. The number of fused-ring (bicyclic) bond motifs is 1. The summed E-state index contributed by atoms with van der Waals surface area (Å²) in [6, 6.07) is 15.2. The second kappa shape index (κ2) is 10.4. The van der Waals surface area contributed by atoms with Crippen LogP contribution >= 0.6 is 11.6 Å². The number of alkyl halides is 3. The molecule has 4 aromatic rings. The van der Waals surface area contributed by atoms with Crippen molar-refractivity contribution in [3.63, 3.8) is 0 Å². The van der Waals surface area contributed by atoms with Crippen LogP contribution in [0.4, 0.5) is 30.2 Å². The lowest BCUT2D eigenvalue weighted by Gasteiger charge is -2.13. The lowest BCUT2D eigenvalue weighted by molar-refractivity contribution is -0.137. The number of carbonyl (C=O) groups is 2. The van der Waals surface area contributed by atoms with E-state index < -0.39 is 34.3 Å². The van der Waals surface area contributed by atoms with Crippen molar-refractivity contribution >= 4 is 51.2 Å². The molecule has 4 aromatic carbocycles. The van der Waals surface area contributed by atoms with Crippen molar-refractivity contribution in [2.75, 3.05) is 12.4 Å². The number of nitrogens with zero attached hydrogens (tertiary/aromatic N) is 2. The van der Waals surface area contributed by atoms with E-state index in [0.29, 0.717) is 16.8 Å². The number of methoxy groups -OCH3 is 1. The number of anilines is 1. The summed E-state index contributed by atoms with van der Waals surface area (Å²) in [5.74, 6) is -1.90. The van der Waals surface area contributed by atoms with Crippen molar-refractivity contribution < 1.29 is 32.6 Å². The van der Waals surface area contributed by atoms with Gasteiger partial charge in [0.15, 0.2) is 5.75 Å². The number of ether oxygens (including phenoxy) is 1. The highest BCUT2D eigenvalue weighted by atomic mass is 35.5. The predicted octanol–water partition coefficient (Wildman–Crippen LogP) is 6.99. The van der Waals surface area contributed by atoms with Gasteiger partial charge in [0.2, 0.25) is 5.91 Å². The molecule has 4 rings (SSSR count). The third kappa shape index (κ3) is 5.37. The zero-order valence-electron chi connectivity index (χ0n) is 19.5. The summed E-state index contributed by atoms with van der Waals surface area (Å²) in [4.78, 5) is 24.6. The number of primary amides is 1. The molecule has 0 unspecified atom stereocenters. The molecule has 0 aliphatic heterocycles. The van der Waals surface area contributed by atoms with Crippen molar-refractivity contribution in [2.24, 2.45) is 16.0 Å². The Morgan fingerprint density at radius 2 is 1.76 bits per heavy atom. The fourth-order valence-electron chi connectivity index (χ4n) is 3.64. The number of benzene rings is 4. The number of nitrogens with one attached hydrogen (secondary N) is 1. The lowest BCUT2D eigenvalue weighted by atomic mass is 10.0. The number of carbonyl (C=O) groups excluding carboxylic acids is 2. The van der Waals surface area contributed by atoms with Crippen LogP contribution in [0.5, 0.6) is 11.5 Å². The molecule has 0 atom stereocenters. The number of nitrogens with two attached hydrogens (primary N) is 1. The molecule has 0 radical (unpaired) electrons. The quantitative estimate of drug-likeness (QED) is 0.227. The smallest absolute Gasteiger partial charge is 0.417 e. The molecule has 0 bridgehead atoms. The monoisotopic (exact) mass is 542 g/mol. The van der Waals surface area contributed by atoms with E-state index in [0.717, 1.165) is 6.07 Å². The molecule has 38 heavy (non-hydrogen) atoms. The summed E-state index contributed by atoms with van der Waals surface area (Å²) >= 11 is 5.65. The highest BCUT2D eigenvalue weighted by molar-refractivity contribution is 6.31. The van der Waals surface area contributed by atoms with Crippen LogP contribution in [0.3, 0.4) is 0 Å². The molecule has 194 valence electrons. The van der Waals surface area contributed by atoms with Gasteiger partial charge >= 0.3 is 6.18 Å². The van der Waals surface area contributed by atoms with Crippen LogP contribution in [0.15, 0.2) is 77.0 Å². The van der Waals surface area contributed by atoms with Gasteiger partial charge in [-0.1, -0.05) is 35.9 Å². The maximum atomic E-state index is 13.2. The highest BCUT2D eigenvalue weighted by Crippen LogP contribution is 2.41. The van der Waals surface area contributed by atoms with Crippen LogP contribution in [0, 0.1) is 0 Å². The third-order valence-corrected chi connectivity index (χ3v) is 5.82. The maximum Gasteiger partial charge on any atom is 0.417 e. The minimum atomic E-state index is -4.73. The molecule has 8 nitrogen and oxygen atoms in total. The predicted molar refractivity (Wildman–Crippen MR) is 136 cm³/mol. The van der Waals surface area contributed by atoms with Gasteiger partial charge in [0.25, 0.3) is 5.91 Å². The molecule has 0 fully saturated rings. The summed E-state index contributed by atoms with van der Waals surface area (Å²) < 4.78 is 44.9. The number of halogens is 4. The third-order valence-electron chi connectivity index (χ3n) is 5.49. The van der Waals surface area contributed by atoms with Crippen LogP contribution in [0.1, 0.15) is 26.3 Å². The van der Waals surface area contributed by atoms with Gasteiger partial charge in [0.05, 0.1) is 23.3 Å². The number of hydrogen-bond acceptors (Lipinski definition) is 6. The fourth-order valence-corrected chi connectivity index (χ4v) is 3.86. The number of aromatic hydroxyl groups is 1. The van der Waals surface area contributed by atoms with E-state index in [2.05, 4.69) is 15.5 Å². The summed E-state index contributed by atoms with van der Waals surface area (Å²) in [6.07, 6.45) is -4.73. The zero-order chi connectivity index (χ0) is 27.6. The number of hydrogen-bond donors (Lipinski definition) is 3. The van der Waals surface area contributed by atoms with E-state index in [-0.39, 0.29) is 33.9 Å². The average Bonchev–Trinajstić information content (AvgIpc) is 2.88. The minimum Gasteiger partial charge on any atom is -0.505 e. The first kappa shape index (κ1) is 26.4. The largest absolute Gasteiger partial charge is 0.505 e. The van der Waals surface area contributed by atoms with Gasteiger partial charge in [-0.05, 0) is 47.9 Å². The molecule has 0 aliphatic carbocycles. The van der Waals surface area contributed by atoms with Crippen LogP contribution < -0.4 is 15.8 Å². The van der Waals surface area contributed by atoms with E-state index in [4.69, 9.17) is 22.1 Å². The Labute approximate surface area is 218 Å². The Morgan fingerprint density at radius 1 is 1.03 bits per heavy atom. The Hall–Kier alpha value is -4.64. The van der Waals surface area contributed by atoms with Crippen molar-refractivity contribution in [2.45, 2.75) is 6.18 Å². The number of phenols is 1. The first-order chi connectivity index (χ1) is 18.0. The van der Waals surface area contributed by atoms with Crippen molar-refractivity contribution in [3.05, 3.63) is 88.4 Å². The molecule has 0 heterocycles. The minimum absolute atomic E-state index is 0.0909. The summed E-state index contributed by atoms with van der Waals surface area (Å²) in [7, 11) is 1.39. The van der Waals surface area contributed by atoms with Gasteiger partial charge in [0.1, 0.15) is 17.1 Å². The molecule has 4 N–H and O–H groups in total. The lowest BCUT2D eigenvalue weighted by Crippen LogP contribution is -2.14. The molecule has 0 saturated carbocycles. The molecule has 2 amide bonds. The van der Waals surface area contributed by atoms with E-state index in [1.807, 2.05) is 0 Å². The number of phenolic OH excluding ortho intramolecular Hbond substituents is 1. The normalized spacial score (nSPS) is 11.6. The second-order valence-electron chi connectivity index (χ2n) is 7.94. The van der Waals surface area contributed by atoms with Crippen molar-refractivity contribution in [1.82, 2.24) is 0 Å². The maximum absolute atomic E-state index is 13.2. The summed E-state index contributed by atoms with van der Waals surface area (Å²) in [6.45, 7) is 0. The molecule has 0 aliphatic rings. The van der Waals surface area contributed by atoms with Gasteiger partial charge < -0.3 is 20.9 Å². The first-order valence-electron chi connectivity index (χ1n) is 10.8. The Bertz CT molecular complexity index is 1610. The van der Waals surface area contributed by atoms with Crippen LogP contribution in [0.25, 0.3) is 10.8 Å². The topological polar surface area (TPSA) is 126 Å². The number of rotatable bonds is 6. The van der Waals surface area contributed by atoms with Gasteiger partial charge in [-0.25, -0.2) is 0 Å². The molecular weight excluding hydrogens is 525 g/mol. The fraction of sp³-hybridized carbons (Fsp3) is 0.0769. The van der Waals surface area contributed by atoms with Crippen molar-refractivity contribution in [1.29, 1.82) is 0 Å². The van der Waals surface area contributed by atoms with E-state index >= 15 is 0 Å². The van der Waals surface area contributed by atoms with E-state index in [9.17, 15) is 27.9 Å². The number of azo groups is 1. The zero-order valence-corrected chi connectivity index (χ0v) is 20.3. The van der Waals surface area contributed by atoms with Gasteiger partial charge in [0, 0.05) is 16.6 Å². The van der Waals surface area contributed by atoms with E-state index in [1.165, 1.54) is 37.4 Å². The summed E-state index contributed by atoms with van der Waals surface area (Å²) in [5.41, 5.74) is 3.94. The first-order valence-corrected chi connectivity index (χ1v) is 11.2. The van der Waals surface area contributed by atoms with Gasteiger partial charge in [-0.3, -0.25) is 9.59 Å². The standard InChI is InChI=1S/C26H18ClF3N4O4/c1-38-21-9-6-14(24(31)36)11-20(21)33-34-22-16-5-3-2-4-13(16)10-17(23(22)35)25(37)32-15-7-8-19(27)18(12-15)26(28,29)30/h2-12,35H,1H3,(H2,31,36)(H,32,37). The average molecular weight is 543 g/mol. The van der Waals surface area contributed by atoms with Crippen LogP contribution in [-0.4, -0.2) is 24.0 Å². The Balaban J connectivity index is 1.78. The summed E-state index contributed by atoms with van der Waals surface area (Å²) in [5, 5.41) is 21.9. The molecule has 0 spiro atoms. The Morgan fingerprint density at radius 3 is 2.45 bits per heavy atom. The van der Waals surface area contributed by atoms with Gasteiger partial charge in [-0.2, -0.15) is 13.2 Å². The molecule has 0 aromatic heterocycles. The molecular formula is C26H18ClF3N4O4. The highest BCUT2D eigenvalue weighted by Gasteiger charge is 2.33. The SMILES string of the molecule is COc1ccc(C(N)=O)cc1N=Nc1c(O)c(C(=O)Nc2ccc(Cl)c(C(F)(F)F)c2)cc2ccccc12. The van der Waals surface area contributed by atoms with Crippen LogP contribution in [0.2, 0.25) is 5.02 Å². The van der Waals surface area contributed by atoms with Crippen LogP contribution in [-0.2, 0) is 6.18 Å². The van der Waals surface area contributed by atoms with Crippen molar-refractivity contribution in [3.8, 4) is 11.5 Å².